The van der Waals surface area contributed by atoms with Gasteiger partial charge in [0.05, 0.1) is 5.75 Å². The number of carbonyl (C=O) groups excluding carboxylic acids is 2. The van der Waals surface area contributed by atoms with Gasteiger partial charge in [0, 0.05) is 33.9 Å². The van der Waals surface area contributed by atoms with E-state index in [1.807, 2.05) is 19.1 Å². The van der Waals surface area contributed by atoms with E-state index in [4.69, 9.17) is 23.2 Å². The maximum absolute atomic E-state index is 13.5. The molecule has 1 aliphatic rings. The molecule has 0 saturated heterocycles. The summed E-state index contributed by atoms with van der Waals surface area (Å²) >= 11 is 14.4. The highest BCUT2D eigenvalue weighted by molar-refractivity contribution is 7.99. The molecule has 0 aromatic heterocycles. The zero-order valence-corrected chi connectivity index (χ0v) is 22.3. The molecule has 1 aliphatic carbocycles. The Kier molecular flexibility index (Phi) is 10.6. The van der Waals surface area contributed by atoms with E-state index in [0.29, 0.717) is 22.0 Å². The van der Waals surface area contributed by atoms with Crippen LogP contribution in [0.25, 0.3) is 0 Å². The molecule has 0 heterocycles. The third-order valence-corrected chi connectivity index (χ3v) is 8.15. The number of rotatable bonds is 10. The highest BCUT2D eigenvalue weighted by atomic mass is 35.5. The van der Waals surface area contributed by atoms with E-state index in [0.717, 1.165) is 31.4 Å². The number of aryl methyl sites for hydroxylation is 1. The number of halogens is 2. The summed E-state index contributed by atoms with van der Waals surface area (Å²) < 4.78 is 0. The first-order chi connectivity index (χ1) is 16.4. The van der Waals surface area contributed by atoms with E-state index < -0.39 is 6.04 Å². The van der Waals surface area contributed by atoms with Crippen molar-refractivity contribution in [1.82, 2.24) is 10.2 Å². The lowest BCUT2D eigenvalue weighted by atomic mass is 9.95. The molecule has 7 heteroatoms. The SMILES string of the molecule is CC[C@@H](C(=O)NC1CCCCC1)N(Cc1c(Cl)cccc1Cl)C(=O)CSCc1ccccc1C. The van der Waals surface area contributed by atoms with Crippen LogP contribution in [-0.2, 0) is 21.9 Å². The van der Waals surface area contributed by atoms with Crippen LogP contribution in [-0.4, -0.2) is 34.6 Å². The molecule has 1 N–H and O–H groups in total. The monoisotopic (exact) mass is 520 g/mol. The Bertz CT molecular complexity index is 959. The summed E-state index contributed by atoms with van der Waals surface area (Å²) in [6.07, 6.45) is 6.01. The minimum absolute atomic E-state index is 0.0831. The van der Waals surface area contributed by atoms with Crippen LogP contribution in [0.5, 0.6) is 0 Å². The molecule has 2 aromatic carbocycles. The number of nitrogens with zero attached hydrogens (tertiary/aromatic N) is 1. The maximum atomic E-state index is 13.5. The summed E-state index contributed by atoms with van der Waals surface area (Å²) in [6, 6.07) is 13.1. The topological polar surface area (TPSA) is 49.4 Å². The lowest BCUT2D eigenvalue weighted by Crippen LogP contribution is -2.52. The fourth-order valence-corrected chi connectivity index (χ4v) is 5.92. The van der Waals surface area contributed by atoms with Gasteiger partial charge in [0.1, 0.15) is 6.04 Å². The van der Waals surface area contributed by atoms with Gasteiger partial charge in [-0.25, -0.2) is 0 Å². The third kappa shape index (κ3) is 7.40. The molecule has 4 nitrogen and oxygen atoms in total. The van der Waals surface area contributed by atoms with Crippen molar-refractivity contribution in [2.24, 2.45) is 0 Å². The van der Waals surface area contributed by atoms with Crippen molar-refractivity contribution in [1.29, 1.82) is 0 Å². The average Bonchev–Trinajstić information content (AvgIpc) is 2.82. The van der Waals surface area contributed by atoms with Crippen LogP contribution in [0, 0.1) is 6.92 Å². The van der Waals surface area contributed by atoms with Gasteiger partial charge in [-0.15, -0.1) is 11.8 Å². The van der Waals surface area contributed by atoms with E-state index in [2.05, 4.69) is 24.4 Å². The molecule has 0 spiro atoms. The molecule has 0 aliphatic heterocycles. The van der Waals surface area contributed by atoms with Crippen molar-refractivity contribution >= 4 is 46.8 Å². The number of carbonyl (C=O) groups is 2. The quantitative estimate of drug-likeness (QED) is 0.375. The van der Waals surface area contributed by atoms with Gasteiger partial charge in [0.15, 0.2) is 0 Å². The zero-order chi connectivity index (χ0) is 24.5. The number of hydrogen-bond acceptors (Lipinski definition) is 3. The second-order valence-electron chi connectivity index (χ2n) is 8.91. The van der Waals surface area contributed by atoms with E-state index >= 15 is 0 Å². The predicted molar refractivity (Wildman–Crippen MR) is 143 cm³/mol. The fourth-order valence-electron chi connectivity index (χ4n) is 4.42. The Labute approximate surface area is 217 Å². The molecular weight excluding hydrogens is 487 g/mol. The highest BCUT2D eigenvalue weighted by Crippen LogP contribution is 2.28. The molecule has 2 amide bonds. The van der Waals surface area contributed by atoms with Crippen LogP contribution in [0.2, 0.25) is 10.0 Å². The van der Waals surface area contributed by atoms with Crippen LogP contribution < -0.4 is 5.32 Å². The van der Waals surface area contributed by atoms with Gasteiger partial charge in [-0.2, -0.15) is 0 Å². The number of benzene rings is 2. The average molecular weight is 522 g/mol. The van der Waals surface area contributed by atoms with Crippen LogP contribution >= 0.6 is 35.0 Å². The predicted octanol–water partition coefficient (Wildman–Crippen LogP) is 6.79. The van der Waals surface area contributed by atoms with Crippen molar-refractivity contribution in [2.75, 3.05) is 5.75 Å². The number of nitrogens with one attached hydrogen (secondary N) is 1. The Morgan fingerprint density at radius 1 is 1.06 bits per heavy atom. The fraction of sp³-hybridized carbons (Fsp3) is 0.481. The van der Waals surface area contributed by atoms with Gasteiger partial charge >= 0.3 is 0 Å². The first-order valence-corrected chi connectivity index (χ1v) is 14.0. The molecule has 0 unspecified atom stereocenters. The van der Waals surface area contributed by atoms with Gasteiger partial charge in [-0.3, -0.25) is 9.59 Å². The molecule has 1 saturated carbocycles. The smallest absolute Gasteiger partial charge is 0.243 e. The van der Waals surface area contributed by atoms with Crippen LogP contribution in [0.4, 0.5) is 0 Å². The van der Waals surface area contributed by atoms with Crippen molar-refractivity contribution < 1.29 is 9.59 Å². The molecule has 0 radical (unpaired) electrons. The van der Waals surface area contributed by atoms with Crippen molar-refractivity contribution in [2.45, 2.75) is 76.8 Å². The van der Waals surface area contributed by atoms with Gasteiger partial charge in [0.25, 0.3) is 0 Å². The third-order valence-electron chi connectivity index (χ3n) is 6.47. The van der Waals surface area contributed by atoms with Gasteiger partial charge in [-0.05, 0) is 49.4 Å². The van der Waals surface area contributed by atoms with Crippen molar-refractivity contribution in [3.05, 3.63) is 69.2 Å². The molecule has 1 fully saturated rings. The zero-order valence-electron chi connectivity index (χ0n) is 20.0. The minimum Gasteiger partial charge on any atom is -0.352 e. The van der Waals surface area contributed by atoms with Crippen molar-refractivity contribution in [3.8, 4) is 0 Å². The first kappa shape index (κ1) is 26.9. The Hall–Kier alpha value is -1.69. The normalized spacial score (nSPS) is 15.1. The summed E-state index contributed by atoms with van der Waals surface area (Å²) in [7, 11) is 0. The van der Waals surface area contributed by atoms with E-state index in [1.165, 1.54) is 17.5 Å². The molecule has 1 atom stereocenters. The van der Waals surface area contributed by atoms with Crippen LogP contribution in [0.3, 0.4) is 0 Å². The number of hydrogen-bond donors (Lipinski definition) is 1. The summed E-state index contributed by atoms with van der Waals surface area (Å²) in [4.78, 5) is 28.5. The summed E-state index contributed by atoms with van der Waals surface area (Å²) in [5.74, 6) is 0.850. The lowest BCUT2D eigenvalue weighted by Gasteiger charge is -2.33. The molecule has 3 rings (SSSR count). The van der Waals surface area contributed by atoms with Gasteiger partial charge < -0.3 is 10.2 Å². The standard InChI is InChI=1S/C27H34Cl2N2O2S/c1-3-25(27(33)30-21-12-5-4-6-13-21)31(16-22-23(28)14-9-15-24(22)29)26(32)18-34-17-20-11-8-7-10-19(20)2/h7-11,14-15,21,25H,3-6,12-13,16-18H2,1-2H3,(H,30,33)/t25-/m0/s1. The summed E-state index contributed by atoms with van der Waals surface area (Å²) in [5.41, 5.74) is 3.09. The van der Waals surface area contributed by atoms with Gasteiger partial charge in [0.2, 0.25) is 11.8 Å². The molecule has 34 heavy (non-hydrogen) atoms. The van der Waals surface area contributed by atoms with E-state index in [-0.39, 0.29) is 30.2 Å². The molecule has 0 bridgehead atoms. The molecular formula is C27H34Cl2N2O2S. The second-order valence-corrected chi connectivity index (χ2v) is 10.7. The van der Waals surface area contributed by atoms with E-state index in [9.17, 15) is 9.59 Å². The lowest BCUT2D eigenvalue weighted by molar-refractivity contribution is -0.139. The summed E-state index contributed by atoms with van der Waals surface area (Å²) in [6.45, 7) is 4.23. The van der Waals surface area contributed by atoms with Crippen molar-refractivity contribution in [3.63, 3.8) is 0 Å². The largest absolute Gasteiger partial charge is 0.352 e. The number of amides is 2. The van der Waals surface area contributed by atoms with Crippen LogP contribution in [0.15, 0.2) is 42.5 Å². The summed E-state index contributed by atoms with van der Waals surface area (Å²) in [5, 5.41) is 4.20. The van der Waals surface area contributed by atoms with Crippen LogP contribution in [0.1, 0.15) is 62.1 Å². The first-order valence-electron chi connectivity index (χ1n) is 12.1. The molecule has 184 valence electrons. The highest BCUT2D eigenvalue weighted by Gasteiger charge is 2.31. The van der Waals surface area contributed by atoms with E-state index in [1.54, 1.807) is 34.9 Å². The van der Waals surface area contributed by atoms with Gasteiger partial charge in [-0.1, -0.05) is 79.7 Å². The Morgan fingerprint density at radius 2 is 1.74 bits per heavy atom. The Morgan fingerprint density at radius 3 is 2.38 bits per heavy atom. The second kappa shape index (κ2) is 13.4. The minimum atomic E-state index is -0.569. The number of thioether (sulfide) groups is 1. The Balaban J connectivity index is 1.76. The maximum Gasteiger partial charge on any atom is 0.243 e. The molecule has 2 aromatic rings.